The van der Waals surface area contributed by atoms with E-state index in [2.05, 4.69) is 20.6 Å². The Morgan fingerprint density at radius 3 is 2.69 bits per heavy atom. The number of rotatable bonds is 7. The lowest BCUT2D eigenvalue weighted by atomic mass is 10.2. The number of hydrogen-bond acceptors (Lipinski definition) is 7. The molecule has 1 amide bonds. The Hall–Kier alpha value is -3.81. The minimum absolute atomic E-state index is 0.222. The summed E-state index contributed by atoms with van der Waals surface area (Å²) in [5.74, 6) is 2.37. The van der Waals surface area contributed by atoms with E-state index in [1.807, 2.05) is 42.5 Å². The zero-order valence-corrected chi connectivity index (χ0v) is 15.8. The second-order valence-corrected chi connectivity index (χ2v) is 6.33. The average molecular weight is 392 g/mol. The van der Waals surface area contributed by atoms with Crippen LogP contribution in [-0.2, 0) is 13.1 Å². The zero-order valence-electron chi connectivity index (χ0n) is 15.8. The minimum atomic E-state index is -0.251. The second-order valence-electron chi connectivity index (χ2n) is 6.33. The van der Waals surface area contributed by atoms with Crippen molar-refractivity contribution in [1.29, 1.82) is 0 Å². The van der Waals surface area contributed by atoms with E-state index in [0.717, 1.165) is 16.9 Å². The number of para-hydroxylation sites is 1. The average Bonchev–Trinajstić information content (AvgIpc) is 3.24. The summed E-state index contributed by atoms with van der Waals surface area (Å²) >= 11 is 0. The molecule has 0 aliphatic carbocycles. The van der Waals surface area contributed by atoms with Gasteiger partial charge < -0.3 is 24.8 Å². The third kappa shape index (κ3) is 4.37. The van der Waals surface area contributed by atoms with Gasteiger partial charge in [-0.1, -0.05) is 24.3 Å². The lowest BCUT2D eigenvalue weighted by molar-refractivity contribution is 0.0950. The molecule has 29 heavy (non-hydrogen) atoms. The summed E-state index contributed by atoms with van der Waals surface area (Å²) in [6.07, 6.45) is 2.99. The summed E-state index contributed by atoms with van der Waals surface area (Å²) in [7, 11) is 1.63. The highest BCUT2D eigenvalue weighted by molar-refractivity contribution is 5.93. The van der Waals surface area contributed by atoms with Gasteiger partial charge in [0.25, 0.3) is 5.91 Å². The fourth-order valence-electron chi connectivity index (χ4n) is 2.90. The summed E-state index contributed by atoms with van der Waals surface area (Å²) in [5.41, 5.74) is 2.29. The number of benzene rings is 2. The van der Waals surface area contributed by atoms with Crippen LogP contribution >= 0.6 is 0 Å². The molecular formula is C21H20N4O4. The fourth-order valence-corrected chi connectivity index (χ4v) is 2.90. The molecule has 1 aliphatic heterocycles. The van der Waals surface area contributed by atoms with Crippen LogP contribution in [0.5, 0.6) is 17.2 Å². The maximum atomic E-state index is 12.3. The number of nitrogens with zero attached hydrogens (tertiary/aromatic N) is 2. The highest BCUT2D eigenvalue weighted by Crippen LogP contribution is 2.32. The Bertz CT molecular complexity index is 1010. The topological polar surface area (TPSA) is 94.6 Å². The van der Waals surface area contributed by atoms with Crippen LogP contribution in [0.15, 0.2) is 54.9 Å². The first-order valence-electron chi connectivity index (χ1n) is 9.07. The predicted octanol–water partition coefficient (Wildman–Crippen LogP) is 2.76. The summed E-state index contributed by atoms with van der Waals surface area (Å²) < 4.78 is 15.9. The number of amides is 1. The van der Waals surface area contributed by atoms with Gasteiger partial charge in [0.2, 0.25) is 12.7 Å². The number of carbonyl (C=O) groups excluding carboxylic acids is 1. The molecule has 4 rings (SSSR count). The van der Waals surface area contributed by atoms with E-state index in [4.69, 9.17) is 14.2 Å². The molecule has 8 nitrogen and oxygen atoms in total. The number of hydrogen-bond donors (Lipinski definition) is 2. The summed E-state index contributed by atoms with van der Waals surface area (Å²) in [6.45, 7) is 1.10. The molecule has 0 radical (unpaired) electrons. The van der Waals surface area contributed by atoms with E-state index in [0.29, 0.717) is 36.1 Å². The molecule has 0 saturated heterocycles. The van der Waals surface area contributed by atoms with Crippen molar-refractivity contribution in [3.05, 3.63) is 71.5 Å². The molecule has 2 N–H and O–H groups in total. The molecule has 3 aromatic rings. The van der Waals surface area contributed by atoms with Gasteiger partial charge in [-0.3, -0.25) is 4.79 Å². The van der Waals surface area contributed by atoms with Crippen molar-refractivity contribution in [2.75, 3.05) is 19.2 Å². The standard InChI is InChI=1S/C21H20N4O4/c1-27-17-5-3-2-4-15(17)10-23-21-24-11-16(12-25-21)20(26)22-9-14-6-7-18-19(8-14)29-13-28-18/h2-8,11-12H,9-10,13H2,1H3,(H,22,26)(H,23,24,25). The highest BCUT2D eigenvalue weighted by Gasteiger charge is 2.14. The Morgan fingerprint density at radius 1 is 1.07 bits per heavy atom. The van der Waals surface area contributed by atoms with Gasteiger partial charge in [0.05, 0.1) is 12.7 Å². The van der Waals surface area contributed by atoms with Crippen LogP contribution in [0.4, 0.5) is 5.95 Å². The quantitative estimate of drug-likeness (QED) is 0.638. The Balaban J connectivity index is 1.32. The van der Waals surface area contributed by atoms with Gasteiger partial charge in [-0.15, -0.1) is 0 Å². The number of aromatic nitrogens is 2. The number of methoxy groups -OCH3 is 1. The van der Waals surface area contributed by atoms with E-state index in [-0.39, 0.29) is 12.7 Å². The third-order valence-electron chi connectivity index (χ3n) is 4.43. The number of ether oxygens (including phenoxy) is 3. The normalized spacial score (nSPS) is 11.8. The molecule has 0 spiro atoms. The maximum Gasteiger partial charge on any atom is 0.254 e. The van der Waals surface area contributed by atoms with Crippen LogP contribution in [0, 0.1) is 0 Å². The van der Waals surface area contributed by atoms with Gasteiger partial charge in [-0.25, -0.2) is 9.97 Å². The van der Waals surface area contributed by atoms with Gasteiger partial charge in [0, 0.05) is 31.0 Å². The summed E-state index contributed by atoms with van der Waals surface area (Å²) in [6, 6.07) is 13.3. The zero-order chi connectivity index (χ0) is 20.1. The van der Waals surface area contributed by atoms with Crippen molar-refractivity contribution < 1.29 is 19.0 Å². The molecular weight excluding hydrogens is 372 g/mol. The van der Waals surface area contributed by atoms with E-state index in [1.54, 1.807) is 7.11 Å². The highest BCUT2D eigenvalue weighted by atomic mass is 16.7. The molecule has 148 valence electrons. The van der Waals surface area contributed by atoms with Crippen molar-refractivity contribution in [3.63, 3.8) is 0 Å². The molecule has 2 heterocycles. The van der Waals surface area contributed by atoms with Crippen LogP contribution in [0.25, 0.3) is 0 Å². The van der Waals surface area contributed by atoms with Gasteiger partial charge in [0.1, 0.15) is 5.75 Å². The molecule has 0 atom stereocenters. The van der Waals surface area contributed by atoms with Crippen molar-refractivity contribution in [2.45, 2.75) is 13.1 Å². The molecule has 8 heteroatoms. The van der Waals surface area contributed by atoms with E-state index in [9.17, 15) is 4.79 Å². The summed E-state index contributed by atoms with van der Waals surface area (Å²) in [5, 5.41) is 5.97. The van der Waals surface area contributed by atoms with E-state index < -0.39 is 0 Å². The Labute approximate surface area is 167 Å². The number of fused-ring (bicyclic) bond motifs is 1. The Morgan fingerprint density at radius 2 is 1.86 bits per heavy atom. The lowest BCUT2D eigenvalue weighted by Crippen LogP contribution is -2.23. The number of nitrogens with one attached hydrogen (secondary N) is 2. The molecule has 0 fully saturated rings. The van der Waals surface area contributed by atoms with Crippen molar-refractivity contribution in [3.8, 4) is 17.2 Å². The van der Waals surface area contributed by atoms with Gasteiger partial charge in [-0.2, -0.15) is 0 Å². The van der Waals surface area contributed by atoms with Gasteiger partial charge in [0.15, 0.2) is 11.5 Å². The molecule has 2 aromatic carbocycles. The third-order valence-corrected chi connectivity index (χ3v) is 4.43. The molecule has 1 aliphatic rings. The number of carbonyl (C=O) groups is 1. The van der Waals surface area contributed by atoms with Gasteiger partial charge >= 0.3 is 0 Å². The molecule has 1 aromatic heterocycles. The van der Waals surface area contributed by atoms with Crippen molar-refractivity contribution in [1.82, 2.24) is 15.3 Å². The van der Waals surface area contributed by atoms with Gasteiger partial charge in [-0.05, 0) is 23.8 Å². The van der Waals surface area contributed by atoms with Crippen LogP contribution in [0.2, 0.25) is 0 Å². The molecule has 0 bridgehead atoms. The van der Waals surface area contributed by atoms with E-state index >= 15 is 0 Å². The molecule has 0 unspecified atom stereocenters. The largest absolute Gasteiger partial charge is 0.496 e. The molecule has 0 saturated carbocycles. The lowest BCUT2D eigenvalue weighted by Gasteiger charge is -2.10. The van der Waals surface area contributed by atoms with Crippen molar-refractivity contribution in [2.24, 2.45) is 0 Å². The first-order valence-corrected chi connectivity index (χ1v) is 9.07. The van der Waals surface area contributed by atoms with Crippen LogP contribution in [0.1, 0.15) is 21.5 Å². The minimum Gasteiger partial charge on any atom is -0.496 e. The summed E-state index contributed by atoms with van der Waals surface area (Å²) in [4.78, 5) is 20.8. The van der Waals surface area contributed by atoms with E-state index in [1.165, 1.54) is 12.4 Å². The van der Waals surface area contributed by atoms with Crippen LogP contribution in [-0.4, -0.2) is 29.8 Å². The smallest absolute Gasteiger partial charge is 0.254 e. The Kier molecular flexibility index (Phi) is 5.42. The first kappa shape index (κ1) is 18.5. The maximum absolute atomic E-state index is 12.3. The predicted molar refractivity (Wildman–Crippen MR) is 106 cm³/mol. The fraction of sp³-hybridized carbons (Fsp3) is 0.190. The van der Waals surface area contributed by atoms with Crippen LogP contribution in [0.3, 0.4) is 0 Å². The SMILES string of the molecule is COc1ccccc1CNc1ncc(C(=O)NCc2ccc3c(c2)OCO3)cn1. The van der Waals surface area contributed by atoms with Crippen LogP contribution < -0.4 is 24.8 Å². The second kappa shape index (κ2) is 8.47. The number of anilines is 1. The first-order chi connectivity index (χ1) is 14.2. The monoisotopic (exact) mass is 392 g/mol. The van der Waals surface area contributed by atoms with Crippen molar-refractivity contribution >= 4 is 11.9 Å².